The number of nitrogens with zero attached hydrogens (tertiary/aromatic N) is 2. The number of carbonyl (C=O) groups is 1. The van der Waals surface area contributed by atoms with Crippen molar-refractivity contribution in [1.82, 2.24) is 9.97 Å². The molecule has 0 saturated carbocycles. The molecule has 0 bridgehead atoms. The number of anilines is 2. The molecular formula is C20H21N3O3. The van der Waals surface area contributed by atoms with Gasteiger partial charge in [0.05, 0.1) is 24.2 Å². The fourth-order valence-corrected chi connectivity index (χ4v) is 2.43. The SMILES string of the molecule is CCCOC(=O)c1nc2ccccc2nc1Nc1ccc(OCC)cc1. The largest absolute Gasteiger partial charge is 0.494 e. The zero-order valence-corrected chi connectivity index (χ0v) is 14.9. The number of hydrogen-bond donors (Lipinski definition) is 1. The maximum atomic E-state index is 12.4. The number of carbonyl (C=O) groups excluding carboxylic acids is 1. The van der Waals surface area contributed by atoms with Gasteiger partial charge in [0.15, 0.2) is 11.5 Å². The van der Waals surface area contributed by atoms with Crippen LogP contribution in [0.15, 0.2) is 48.5 Å². The van der Waals surface area contributed by atoms with E-state index in [1.165, 1.54) is 0 Å². The molecule has 0 amide bonds. The smallest absolute Gasteiger partial charge is 0.360 e. The number of nitrogens with one attached hydrogen (secondary N) is 1. The average Bonchev–Trinajstić information content (AvgIpc) is 2.67. The van der Waals surface area contributed by atoms with E-state index < -0.39 is 5.97 Å². The molecule has 3 rings (SSSR count). The number of esters is 1. The Labute approximate surface area is 152 Å². The molecule has 0 aliphatic heterocycles. The second-order valence-electron chi connectivity index (χ2n) is 5.63. The van der Waals surface area contributed by atoms with Gasteiger partial charge in [-0.1, -0.05) is 19.1 Å². The minimum atomic E-state index is -0.487. The summed E-state index contributed by atoms with van der Waals surface area (Å²) >= 11 is 0. The maximum absolute atomic E-state index is 12.4. The van der Waals surface area contributed by atoms with Gasteiger partial charge in [-0.05, 0) is 49.7 Å². The molecule has 2 aromatic carbocycles. The van der Waals surface area contributed by atoms with Crippen LogP contribution in [-0.2, 0) is 4.74 Å². The summed E-state index contributed by atoms with van der Waals surface area (Å²) in [5.74, 6) is 0.665. The molecule has 1 heterocycles. The fraction of sp³-hybridized carbons (Fsp3) is 0.250. The van der Waals surface area contributed by atoms with E-state index in [9.17, 15) is 4.79 Å². The third kappa shape index (κ3) is 4.08. The molecule has 0 saturated heterocycles. The third-order valence-corrected chi connectivity index (χ3v) is 3.63. The zero-order valence-electron chi connectivity index (χ0n) is 14.9. The Balaban J connectivity index is 1.95. The number of rotatable bonds is 7. The summed E-state index contributed by atoms with van der Waals surface area (Å²) in [6, 6.07) is 14.9. The molecule has 0 radical (unpaired) electrons. The van der Waals surface area contributed by atoms with Crippen LogP contribution >= 0.6 is 0 Å². The third-order valence-electron chi connectivity index (χ3n) is 3.63. The Hall–Kier alpha value is -3.15. The summed E-state index contributed by atoms with van der Waals surface area (Å²) in [4.78, 5) is 21.4. The molecule has 0 atom stereocenters. The predicted octanol–water partition coefficient (Wildman–Crippen LogP) is 4.34. The first kappa shape index (κ1) is 17.7. The van der Waals surface area contributed by atoms with Gasteiger partial charge in [-0.15, -0.1) is 0 Å². The Bertz CT molecular complexity index is 894. The van der Waals surface area contributed by atoms with Crippen molar-refractivity contribution < 1.29 is 14.3 Å². The highest BCUT2D eigenvalue weighted by atomic mass is 16.5. The molecule has 0 aliphatic carbocycles. The minimum absolute atomic E-state index is 0.172. The van der Waals surface area contributed by atoms with E-state index in [1.807, 2.05) is 62.4 Å². The lowest BCUT2D eigenvalue weighted by molar-refractivity contribution is 0.0499. The summed E-state index contributed by atoms with van der Waals surface area (Å²) in [5, 5.41) is 3.16. The molecule has 0 aliphatic rings. The van der Waals surface area contributed by atoms with Crippen LogP contribution in [0.3, 0.4) is 0 Å². The summed E-state index contributed by atoms with van der Waals surface area (Å²) < 4.78 is 10.7. The monoisotopic (exact) mass is 351 g/mol. The van der Waals surface area contributed by atoms with Gasteiger partial charge in [0.1, 0.15) is 5.75 Å². The minimum Gasteiger partial charge on any atom is -0.494 e. The normalized spacial score (nSPS) is 10.5. The summed E-state index contributed by atoms with van der Waals surface area (Å²) in [5.41, 5.74) is 2.30. The van der Waals surface area contributed by atoms with Crippen LogP contribution in [0.1, 0.15) is 30.8 Å². The quantitative estimate of drug-likeness (QED) is 0.638. The van der Waals surface area contributed by atoms with E-state index in [4.69, 9.17) is 9.47 Å². The number of ether oxygens (including phenoxy) is 2. The van der Waals surface area contributed by atoms with Crippen LogP contribution in [0.25, 0.3) is 11.0 Å². The first-order valence-corrected chi connectivity index (χ1v) is 8.65. The van der Waals surface area contributed by atoms with Gasteiger partial charge < -0.3 is 14.8 Å². The van der Waals surface area contributed by atoms with E-state index in [1.54, 1.807) is 0 Å². The standard InChI is InChI=1S/C20H21N3O3/c1-3-13-26-20(24)18-19(23-17-8-6-5-7-16(17)22-18)21-14-9-11-15(12-10-14)25-4-2/h5-12H,3-4,13H2,1-2H3,(H,21,23). The molecule has 6 heteroatoms. The molecule has 3 aromatic rings. The first-order valence-electron chi connectivity index (χ1n) is 8.65. The molecule has 0 fully saturated rings. The average molecular weight is 351 g/mol. The summed E-state index contributed by atoms with van der Waals surface area (Å²) in [6.45, 7) is 4.83. The molecule has 26 heavy (non-hydrogen) atoms. The van der Waals surface area contributed by atoms with E-state index in [2.05, 4.69) is 15.3 Å². The van der Waals surface area contributed by atoms with Crippen LogP contribution in [0, 0.1) is 0 Å². The second-order valence-corrected chi connectivity index (χ2v) is 5.63. The molecule has 6 nitrogen and oxygen atoms in total. The predicted molar refractivity (Wildman–Crippen MR) is 101 cm³/mol. The van der Waals surface area contributed by atoms with E-state index >= 15 is 0 Å². The zero-order chi connectivity index (χ0) is 18.4. The summed E-state index contributed by atoms with van der Waals surface area (Å²) in [6.07, 6.45) is 0.744. The molecule has 1 N–H and O–H groups in total. The number of hydrogen-bond acceptors (Lipinski definition) is 6. The first-order chi connectivity index (χ1) is 12.7. The van der Waals surface area contributed by atoms with Crippen molar-refractivity contribution in [3.05, 3.63) is 54.2 Å². The van der Waals surface area contributed by atoms with Crippen molar-refractivity contribution in [2.45, 2.75) is 20.3 Å². The van der Waals surface area contributed by atoms with Gasteiger partial charge in [-0.25, -0.2) is 14.8 Å². The van der Waals surface area contributed by atoms with Crippen molar-refractivity contribution in [2.75, 3.05) is 18.5 Å². The van der Waals surface area contributed by atoms with Crippen LogP contribution in [0.2, 0.25) is 0 Å². The molecular weight excluding hydrogens is 330 g/mol. The van der Waals surface area contributed by atoms with Gasteiger partial charge in [0, 0.05) is 5.69 Å². The van der Waals surface area contributed by atoms with Crippen molar-refractivity contribution in [3.63, 3.8) is 0 Å². The van der Waals surface area contributed by atoms with Gasteiger partial charge in [0.25, 0.3) is 0 Å². The van der Waals surface area contributed by atoms with Crippen molar-refractivity contribution in [1.29, 1.82) is 0 Å². The van der Waals surface area contributed by atoms with Gasteiger partial charge in [0.2, 0.25) is 0 Å². The van der Waals surface area contributed by atoms with Crippen LogP contribution < -0.4 is 10.1 Å². The highest BCUT2D eigenvalue weighted by Gasteiger charge is 2.18. The van der Waals surface area contributed by atoms with E-state index in [-0.39, 0.29) is 5.69 Å². The Morgan fingerprint density at radius 3 is 2.35 bits per heavy atom. The number of fused-ring (bicyclic) bond motifs is 1. The molecule has 134 valence electrons. The molecule has 1 aromatic heterocycles. The van der Waals surface area contributed by atoms with Crippen LogP contribution in [0.5, 0.6) is 5.75 Å². The lowest BCUT2D eigenvalue weighted by atomic mass is 10.2. The summed E-state index contributed by atoms with van der Waals surface area (Å²) in [7, 11) is 0. The van der Waals surface area contributed by atoms with Gasteiger partial charge in [-0.2, -0.15) is 0 Å². The second kappa shape index (κ2) is 8.29. The Morgan fingerprint density at radius 1 is 1.00 bits per heavy atom. The fourth-order valence-electron chi connectivity index (χ4n) is 2.43. The molecule has 0 unspecified atom stereocenters. The topological polar surface area (TPSA) is 73.3 Å². The van der Waals surface area contributed by atoms with Crippen LogP contribution in [0.4, 0.5) is 11.5 Å². The maximum Gasteiger partial charge on any atom is 0.360 e. The van der Waals surface area contributed by atoms with Crippen molar-refractivity contribution in [2.24, 2.45) is 0 Å². The lowest BCUT2D eigenvalue weighted by Crippen LogP contribution is -2.12. The van der Waals surface area contributed by atoms with Crippen molar-refractivity contribution in [3.8, 4) is 5.75 Å². The number of para-hydroxylation sites is 2. The van der Waals surface area contributed by atoms with E-state index in [0.717, 1.165) is 17.9 Å². The Kier molecular flexibility index (Phi) is 5.63. The lowest BCUT2D eigenvalue weighted by Gasteiger charge is -2.12. The highest BCUT2D eigenvalue weighted by molar-refractivity contribution is 5.96. The molecule has 0 spiro atoms. The van der Waals surface area contributed by atoms with E-state index in [0.29, 0.717) is 30.1 Å². The van der Waals surface area contributed by atoms with Crippen molar-refractivity contribution >= 4 is 28.5 Å². The van der Waals surface area contributed by atoms with Gasteiger partial charge >= 0.3 is 5.97 Å². The Morgan fingerprint density at radius 2 is 1.69 bits per heavy atom. The van der Waals surface area contributed by atoms with Crippen LogP contribution in [-0.4, -0.2) is 29.2 Å². The number of benzene rings is 2. The van der Waals surface area contributed by atoms with Gasteiger partial charge in [-0.3, -0.25) is 0 Å². The number of aromatic nitrogens is 2. The highest BCUT2D eigenvalue weighted by Crippen LogP contribution is 2.23.